The van der Waals surface area contributed by atoms with Crippen molar-refractivity contribution in [3.05, 3.63) is 0 Å². The molecular formula is C12H18N2O4S. The summed E-state index contributed by atoms with van der Waals surface area (Å²) >= 11 is 1.13. The fraction of sp³-hybridized carbons (Fsp3) is 0.750. The highest BCUT2D eigenvalue weighted by atomic mass is 32.2. The van der Waals surface area contributed by atoms with Gasteiger partial charge < -0.3 is 15.3 Å². The van der Waals surface area contributed by atoms with E-state index in [-0.39, 0.29) is 29.4 Å². The Morgan fingerprint density at radius 3 is 2.89 bits per heavy atom. The van der Waals surface area contributed by atoms with Crippen LogP contribution in [0.3, 0.4) is 0 Å². The number of hydrogen-bond donors (Lipinski definition) is 2. The van der Waals surface area contributed by atoms with Gasteiger partial charge in [-0.05, 0) is 18.8 Å². The molecule has 2 amide bonds. The lowest BCUT2D eigenvalue weighted by atomic mass is 9.85. The molecule has 0 bridgehead atoms. The van der Waals surface area contributed by atoms with Crippen LogP contribution in [0.2, 0.25) is 0 Å². The van der Waals surface area contributed by atoms with Crippen molar-refractivity contribution in [2.75, 3.05) is 24.6 Å². The second-order valence-electron chi connectivity index (χ2n) is 4.99. The van der Waals surface area contributed by atoms with Crippen LogP contribution in [0.5, 0.6) is 0 Å². The predicted molar refractivity (Wildman–Crippen MR) is 70.8 cm³/mol. The number of hydrogen-bond acceptors (Lipinski definition) is 4. The maximum absolute atomic E-state index is 11.9. The van der Waals surface area contributed by atoms with Crippen molar-refractivity contribution in [1.29, 1.82) is 0 Å². The summed E-state index contributed by atoms with van der Waals surface area (Å²) in [6.07, 6.45) is 2.17. The predicted octanol–water partition coefficient (Wildman–Crippen LogP) is -0.0687. The number of thioether (sulfide) groups is 1. The minimum absolute atomic E-state index is 0.00148. The van der Waals surface area contributed by atoms with E-state index in [0.29, 0.717) is 25.4 Å². The molecule has 0 radical (unpaired) electrons. The summed E-state index contributed by atoms with van der Waals surface area (Å²) in [4.78, 5) is 35.4. The number of carbonyl (C=O) groups is 3. The molecule has 0 aromatic rings. The first-order valence-electron chi connectivity index (χ1n) is 6.43. The minimum Gasteiger partial charge on any atom is -0.481 e. The number of carbonyl (C=O) groups excluding carboxylic acids is 2. The lowest BCUT2D eigenvalue weighted by Gasteiger charge is -2.41. The molecular weight excluding hydrogens is 268 g/mol. The Kier molecular flexibility index (Phi) is 4.68. The number of carboxylic acid groups (broad SMARTS) is 1. The van der Waals surface area contributed by atoms with Crippen molar-refractivity contribution < 1.29 is 19.5 Å². The zero-order chi connectivity index (χ0) is 13.8. The highest BCUT2D eigenvalue weighted by Crippen LogP contribution is 2.25. The Morgan fingerprint density at radius 2 is 2.16 bits per heavy atom. The first-order valence-corrected chi connectivity index (χ1v) is 7.58. The zero-order valence-corrected chi connectivity index (χ0v) is 11.4. The maximum atomic E-state index is 11.9. The van der Waals surface area contributed by atoms with Crippen LogP contribution in [0.1, 0.15) is 19.3 Å². The molecule has 6 nitrogen and oxygen atoms in total. The average molecular weight is 286 g/mol. The molecule has 2 saturated heterocycles. The molecule has 0 aromatic heterocycles. The largest absolute Gasteiger partial charge is 0.481 e. The standard InChI is InChI=1S/C12H18N2O4S/c15-10-2-1-8-5-14(4-3-9(8)13-10)11(16)6-19-7-12(17)18/h8-9H,1-7H2,(H,13,15)(H,17,18). The summed E-state index contributed by atoms with van der Waals surface area (Å²) in [5.41, 5.74) is 0. The summed E-state index contributed by atoms with van der Waals surface area (Å²) in [7, 11) is 0. The number of nitrogens with one attached hydrogen (secondary N) is 1. The third-order valence-electron chi connectivity index (χ3n) is 3.63. The Labute approximate surface area is 115 Å². The lowest BCUT2D eigenvalue weighted by Crippen LogP contribution is -2.55. The molecule has 2 N–H and O–H groups in total. The topological polar surface area (TPSA) is 86.7 Å². The molecule has 106 valence electrons. The van der Waals surface area contributed by atoms with E-state index in [1.54, 1.807) is 4.90 Å². The van der Waals surface area contributed by atoms with E-state index < -0.39 is 5.97 Å². The molecule has 0 aliphatic carbocycles. The van der Waals surface area contributed by atoms with Gasteiger partial charge in [0.25, 0.3) is 0 Å². The van der Waals surface area contributed by atoms with Crippen LogP contribution in [0.4, 0.5) is 0 Å². The van der Waals surface area contributed by atoms with Crippen molar-refractivity contribution >= 4 is 29.5 Å². The van der Waals surface area contributed by atoms with Crippen molar-refractivity contribution in [2.24, 2.45) is 5.92 Å². The van der Waals surface area contributed by atoms with Crippen LogP contribution < -0.4 is 5.32 Å². The number of rotatable bonds is 4. The summed E-state index contributed by atoms with van der Waals surface area (Å²) in [6, 6.07) is 0.206. The Bertz CT molecular complexity index is 388. The van der Waals surface area contributed by atoms with Crippen LogP contribution in [0.15, 0.2) is 0 Å². The van der Waals surface area contributed by atoms with Crippen LogP contribution in [0.25, 0.3) is 0 Å². The molecule has 0 saturated carbocycles. The highest BCUT2D eigenvalue weighted by molar-refractivity contribution is 8.00. The first-order chi connectivity index (χ1) is 9.06. The van der Waals surface area contributed by atoms with Crippen molar-refractivity contribution in [3.8, 4) is 0 Å². The van der Waals surface area contributed by atoms with Gasteiger partial charge in [-0.2, -0.15) is 0 Å². The van der Waals surface area contributed by atoms with E-state index in [9.17, 15) is 14.4 Å². The third kappa shape index (κ3) is 3.86. The van der Waals surface area contributed by atoms with E-state index in [1.165, 1.54) is 0 Å². The average Bonchev–Trinajstić information content (AvgIpc) is 2.37. The Morgan fingerprint density at radius 1 is 1.37 bits per heavy atom. The summed E-state index contributed by atoms with van der Waals surface area (Å²) in [6.45, 7) is 1.32. The molecule has 19 heavy (non-hydrogen) atoms. The van der Waals surface area contributed by atoms with E-state index in [1.807, 2.05) is 0 Å². The van der Waals surface area contributed by atoms with Gasteiger partial charge in [0.15, 0.2) is 0 Å². The molecule has 0 aromatic carbocycles. The number of aliphatic carboxylic acids is 1. The second kappa shape index (κ2) is 6.27. The Hall–Kier alpha value is -1.24. The van der Waals surface area contributed by atoms with Gasteiger partial charge in [0.05, 0.1) is 11.5 Å². The van der Waals surface area contributed by atoms with Crippen LogP contribution in [-0.4, -0.2) is 58.4 Å². The van der Waals surface area contributed by atoms with Gasteiger partial charge >= 0.3 is 5.97 Å². The number of carboxylic acids is 1. The van der Waals surface area contributed by atoms with Crippen LogP contribution >= 0.6 is 11.8 Å². The van der Waals surface area contributed by atoms with E-state index in [0.717, 1.165) is 24.6 Å². The second-order valence-corrected chi connectivity index (χ2v) is 5.97. The van der Waals surface area contributed by atoms with Crippen LogP contribution in [-0.2, 0) is 14.4 Å². The maximum Gasteiger partial charge on any atom is 0.313 e. The van der Waals surface area contributed by atoms with Gasteiger partial charge in [-0.25, -0.2) is 0 Å². The molecule has 2 heterocycles. The van der Waals surface area contributed by atoms with Gasteiger partial charge in [0, 0.05) is 25.6 Å². The zero-order valence-electron chi connectivity index (χ0n) is 10.6. The SMILES string of the molecule is O=C(O)CSCC(=O)N1CCC2NC(=O)CCC2C1. The number of amides is 2. The minimum atomic E-state index is -0.897. The summed E-state index contributed by atoms with van der Waals surface area (Å²) in [5.74, 6) is -0.261. The summed E-state index contributed by atoms with van der Waals surface area (Å²) < 4.78 is 0. The van der Waals surface area contributed by atoms with Crippen molar-refractivity contribution in [3.63, 3.8) is 0 Å². The van der Waals surface area contributed by atoms with Crippen molar-refractivity contribution in [2.45, 2.75) is 25.3 Å². The molecule has 2 unspecified atom stereocenters. The number of likely N-dealkylation sites (tertiary alicyclic amines) is 1. The quantitative estimate of drug-likeness (QED) is 0.755. The van der Waals surface area contributed by atoms with E-state index >= 15 is 0 Å². The van der Waals surface area contributed by atoms with Gasteiger partial charge in [-0.3, -0.25) is 14.4 Å². The van der Waals surface area contributed by atoms with Crippen LogP contribution in [0, 0.1) is 5.92 Å². The normalized spacial score (nSPS) is 26.5. The third-order valence-corrected chi connectivity index (χ3v) is 4.53. The van der Waals surface area contributed by atoms with E-state index in [2.05, 4.69) is 5.32 Å². The number of piperidine rings is 2. The molecule has 2 rings (SSSR count). The lowest BCUT2D eigenvalue weighted by molar-refractivity contribution is -0.134. The smallest absolute Gasteiger partial charge is 0.313 e. The monoisotopic (exact) mass is 286 g/mol. The highest BCUT2D eigenvalue weighted by Gasteiger charge is 2.35. The number of nitrogens with zero attached hydrogens (tertiary/aromatic N) is 1. The molecule has 2 atom stereocenters. The molecule has 7 heteroatoms. The summed E-state index contributed by atoms with van der Waals surface area (Å²) in [5, 5.41) is 11.5. The van der Waals surface area contributed by atoms with Gasteiger partial charge in [0.2, 0.25) is 11.8 Å². The van der Waals surface area contributed by atoms with Gasteiger partial charge in [-0.1, -0.05) is 0 Å². The first kappa shape index (κ1) is 14.2. The number of fused-ring (bicyclic) bond motifs is 1. The molecule has 2 aliphatic heterocycles. The molecule has 0 spiro atoms. The van der Waals surface area contributed by atoms with Gasteiger partial charge in [-0.15, -0.1) is 11.8 Å². The Balaban J connectivity index is 1.78. The fourth-order valence-corrected chi connectivity index (χ4v) is 3.29. The van der Waals surface area contributed by atoms with E-state index in [4.69, 9.17) is 5.11 Å². The molecule has 2 aliphatic rings. The van der Waals surface area contributed by atoms with Crippen molar-refractivity contribution in [1.82, 2.24) is 10.2 Å². The fourth-order valence-electron chi connectivity index (χ4n) is 2.65. The van der Waals surface area contributed by atoms with Gasteiger partial charge in [0.1, 0.15) is 0 Å². The molecule has 2 fully saturated rings.